The van der Waals surface area contributed by atoms with Crippen LogP contribution >= 0.6 is 0 Å². The first-order valence-corrected chi connectivity index (χ1v) is 7.39. The standard InChI is InChI=1S/C18H18O6/c1-3-13(18(22)23-4-2)15(19)12-7-5-11(6-8-12)14-9-10-24-16(14)17(20)21/h5-9,15-16,19H,1,4,10H2,2H3,(H,20,21). The maximum absolute atomic E-state index is 11.8. The Balaban J connectivity index is 2.21. The average Bonchev–Trinajstić information content (AvgIpc) is 3.05. The van der Waals surface area contributed by atoms with E-state index in [1.165, 1.54) is 0 Å². The normalized spacial score (nSPS) is 17.6. The molecule has 2 N–H and O–H groups in total. The molecule has 0 saturated carbocycles. The molecule has 1 heterocycles. The number of benzene rings is 1. The highest BCUT2D eigenvalue weighted by molar-refractivity contribution is 5.91. The minimum atomic E-state index is -1.22. The van der Waals surface area contributed by atoms with E-state index in [4.69, 9.17) is 14.6 Å². The van der Waals surface area contributed by atoms with Crippen molar-refractivity contribution in [2.75, 3.05) is 13.2 Å². The zero-order valence-corrected chi connectivity index (χ0v) is 13.2. The molecule has 2 unspecified atom stereocenters. The molecule has 0 aliphatic carbocycles. The Labute approximate surface area is 139 Å². The summed E-state index contributed by atoms with van der Waals surface area (Å²) >= 11 is 0. The monoisotopic (exact) mass is 330 g/mol. The highest BCUT2D eigenvalue weighted by Crippen LogP contribution is 2.28. The number of carboxylic acids is 1. The van der Waals surface area contributed by atoms with E-state index in [-0.39, 0.29) is 18.8 Å². The van der Waals surface area contributed by atoms with Gasteiger partial charge in [0.1, 0.15) is 11.7 Å². The van der Waals surface area contributed by atoms with Crippen LogP contribution in [0.5, 0.6) is 0 Å². The third-order valence-corrected chi connectivity index (χ3v) is 3.59. The number of aliphatic hydroxyl groups is 1. The van der Waals surface area contributed by atoms with Gasteiger partial charge in [0.05, 0.1) is 13.2 Å². The Morgan fingerprint density at radius 1 is 1.42 bits per heavy atom. The van der Waals surface area contributed by atoms with Crippen molar-refractivity contribution < 1.29 is 29.3 Å². The van der Waals surface area contributed by atoms with Crippen LogP contribution in [0.4, 0.5) is 0 Å². The molecule has 1 aromatic rings. The van der Waals surface area contributed by atoms with Crippen LogP contribution in [0.15, 0.2) is 48.2 Å². The molecule has 0 radical (unpaired) electrons. The topological polar surface area (TPSA) is 93.1 Å². The maximum atomic E-state index is 11.8. The number of carboxylic acid groups (broad SMARTS) is 1. The molecule has 6 nitrogen and oxygen atoms in total. The molecular formula is C18H18O6. The second kappa shape index (κ2) is 7.75. The van der Waals surface area contributed by atoms with Gasteiger partial charge >= 0.3 is 11.9 Å². The first kappa shape index (κ1) is 17.7. The fourth-order valence-corrected chi connectivity index (χ4v) is 2.42. The fourth-order valence-electron chi connectivity index (χ4n) is 2.42. The van der Waals surface area contributed by atoms with Gasteiger partial charge in [0.2, 0.25) is 0 Å². The van der Waals surface area contributed by atoms with E-state index in [1.54, 1.807) is 37.3 Å². The molecular weight excluding hydrogens is 312 g/mol. The average molecular weight is 330 g/mol. The molecule has 0 fully saturated rings. The third kappa shape index (κ3) is 3.63. The SMILES string of the molecule is C=C=C(C(=O)OCC)C(O)c1ccc(C2=CCOC2C(=O)O)cc1. The Hall–Kier alpha value is -2.66. The molecule has 6 heteroatoms. The first-order valence-electron chi connectivity index (χ1n) is 7.39. The number of rotatable bonds is 6. The van der Waals surface area contributed by atoms with Gasteiger partial charge in [-0.15, -0.1) is 5.73 Å². The molecule has 0 saturated heterocycles. The van der Waals surface area contributed by atoms with Crippen molar-refractivity contribution in [3.05, 3.63) is 59.4 Å². The van der Waals surface area contributed by atoms with Crippen molar-refractivity contribution in [1.82, 2.24) is 0 Å². The molecule has 0 amide bonds. The molecule has 0 bridgehead atoms. The lowest BCUT2D eigenvalue weighted by Crippen LogP contribution is -2.21. The van der Waals surface area contributed by atoms with Crippen molar-refractivity contribution in [3.8, 4) is 0 Å². The molecule has 0 aromatic heterocycles. The minimum Gasteiger partial charge on any atom is -0.479 e. The molecule has 24 heavy (non-hydrogen) atoms. The number of hydrogen-bond donors (Lipinski definition) is 2. The lowest BCUT2D eigenvalue weighted by atomic mass is 9.96. The van der Waals surface area contributed by atoms with E-state index >= 15 is 0 Å². The molecule has 2 atom stereocenters. The van der Waals surface area contributed by atoms with Gasteiger partial charge in [0.25, 0.3) is 0 Å². The van der Waals surface area contributed by atoms with Crippen LogP contribution < -0.4 is 0 Å². The van der Waals surface area contributed by atoms with Crippen molar-refractivity contribution in [3.63, 3.8) is 0 Å². The summed E-state index contributed by atoms with van der Waals surface area (Å²) in [4.78, 5) is 22.9. The molecule has 1 aliphatic heterocycles. The van der Waals surface area contributed by atoms with Crippen molar-refractivity contribution in [2.45, 2.75) is 19.1 Å². The van der Waals surface area contributed by atoms with Gasteiger partial charge in [-0.25, -0.2) is 9.59 Å². The third-order valence-electron chi connectivity index (χ3n) is 3.59. The van der Waals surface area contributed by atoms with Crippen molar-refractivity contribution in [2.24, 2.45) is 0 Å². The van der Waals surface area contributed by atoms with E-state index in [0.717, 1.165) is 0 Å². The predicted octanol–water partition coefficient (Wildman–Crippen LogP) is 1.86. The summed E-state index contributed by atoms with van der Waals surface area (Å²) in [6, 6.07) is 6.55. The van der Waals surface area contributed by atoms with Gasteiger partial charge in [-0.05, 0) is 23.6 Å². The zero-order valence-electron chi connectivity index (χ0n) is 13.2. The van der Waals surface area contributed by atoms with Gasteiger partial charge in [0.15, 0.2) is 6.10 Å². The van der Waals surface area contributed by atoms with E-state index in [0.29, 0.717) is 16.7 Å². The Morgan fingerprint density at radius 2 is 2.08 bits per heavy atom. The number of aliphatic carboxylic acids is 1. The number of aliphatic hydroxyl groups excluding tert-OH is 1. The van der Waals surface area contributed by atoms with Crippen LogP contribution in [0.25, 0.3) is 5.57 Å². The Morgan fingerprint density at radius 3 is 2.62 bits per heavy atom. The van der Waals surface area contributed by atoms with Gasteiger partial charge in [0, 0.05) is 0 Å². The number of carbonyl (C=O) groups is 2. The summed E-state index contributed by atoms with van der Waals surface area (Å²) in [5, 5.41) is 19.4. The molecule has 126 valence electrons. The summed E-state index contributed by atoms with van der Waals surface area (Å²) in [7, 11) is 0. The summed E-state index contributed by atoms with van der Waals surface area (Å²) in [5.74, 6) is -1.73. The number of ether oxygens (including phenoxy) is 2. The van der Waals surface area contributed by atoms with E-state index < -0.39 is 24.1 Å². The molecule has 2 rings (SSSR count). The zero-order chi connectivity index (χ0) is 17.7. The van der Waals surface area contributed by atoms with Crippen molar-refractivity contribution >= 4 is 17.5 Å². The van der Waals surface area contributed by atoms with E-state index in [9.17, 15) is 14.7 Å². The van der Waals surface area contributed by atoms with Crippen LogP contribution in [-0.4, -0.2) is 41.5 Å². The van der Waals surface area contributed by atoms with E-state index in [1.807, 2.05) is 0 Å². The summed E-state index contributed by atoms with van der Waals surface area (Å²) in [6.45, 7) is 5.49. The largest absolute Gasteiger partial charge is 0.479 e. The van der Waals surface area contributed by atoms with Gasteiger partial charge in [-0.3, -0.25) is 0 Å². The Kier molecular flexibility index (Phi) is 5.71. The van der Waals surface area contributed by atoms with Gasteiger partial charge in [-0.2, -0.15) is 0 Å². The molecule has 1 aromatic carbocycles. The summed E-state index contributed by atoms with van der Waals surface area (Å²) < 4.78 is 10.0. The lowest BCUT2D eigenvalue weighted by Gasteiger charge is -2.14. The quantitative estimate of drug-likeness (QED) is 0.470. The molecule has 0 spiro atoms. The summed E-state index contributed by atoms with van der Waals surface area (Å²) in [6.07, 6.45) is -0.513. The lowest BCUT2D eigenvalue weighted by molar-refractivity contribution is -0.145. The summed E-state index contributed by atoms with van der Waals surface area (Å²) in [5.41, 5.74) is 4.03. The van der Waals surface area contributed by atoms with E-state index in [2.05, 4.69) is 12.3 Å². The van der Waals surface area contributed by atoms with Crippen LogP contribution in [0.3, 0.4) is 0 Å². The minimum absolute atomic E-state index is 0.0728. The predicted molar refractivity (Wildman–Crippen MR) is 86.0 cm³/mol. The van der Waals surface area contributed by atoms with Gasteiger partial charge < -0.3 is 19.7 Å². The first-order chi connectivity index (χ1) is 11.5. The number of hydrogen-bond acceptors (Lipinski definition) is 5. The van der Waals surface area contributed by atoms with Crippen LogP contribution in [0, 0.1) is 0 Å². The maximum Gasteiger partial charge on any atom is 0.344 e. The Bertz CT molecular complexity index is 710. The van der Waals surface area contributed by atoms with Crippen molar-refractivity contribution in [1.29, 1.82) is 0 Å². The van der Waals surface area contributed by atoms with Gasteiger partial charge in [-0.1, -0.05) is 36.9 Å². The van der Waals surface area contributed by atoms with Crippen LogP contribution in [-0.2, 0) is 19.1 Å². The van der Waals surface area contributed by atoms with Crippen LogP contribution in [0.1, 0.15) is 24.2 Å². The fraction of sp³-hybridized carbons (Fsp3) is 0.278. The second-order valence-corrected chi connectivity index (χ2v) is 5.05. The second-order valence-electron chi connectivity index (χ2n) is 5.05. The van der Waals surface area contributed by atoms with Crippen LogP contribution in [0.2, 0.25) is 0 Å². The highest BCUT2D eigenvalue weighted by Gasteiger charge is 2.28. The number of esters is 1. The number of carbonyl (C=O) groups excluding carboxylic acids is 1. The highest BCUT2D eigenvalue weighted by atomic mass is 16.5. The molecule has 1 aliphatic rings. The smallest absolute Gasteiger partial charge is 0.344 e.